The van der Waals surface area contributed by atoms with Crippen molar-refractivity contribution in [1.29, 1.82) is 0 Å². The van der Waals surface area contributed by atoms with E-state index in [4.69, 9.17) is 0 Å². The van der Waals surface area contributed by atoms with Crippen molar-refractivity contribution < 1.29 is 4.79 Å². The molecule has 128 valence electrons. The molecule has 2 aliphatic rings. The lowest BCUT2D eigenvalue weighted by atomic mass is 9.72. The minimum atomic E-state index is 0.108. The summed E-state index contributed by atoms with van der Waals surface area (Å²) >= 11 is 0. The number of hydrogen-bond donors (Lipinski definition) is 1. The van der Waals surface area contributed by atoms with E-state index >= 15 is 0 Å². The van der Waals surface area contributed by atoms with Gasteiger partial charge in [0.05, 0.1) is 0 Å². The predicted molar refractivity (Wildman–Crippen MR) is 102 cm³/mol. The first-order chi connectivity index (χ1) is 12.2. The fourth-order valence-corrected chi connectivity index (χ4v) is 4.87. The summed E-state index contributed by atoms with van der Waals surface area (Å²) in [5.41, 5.74) is 6.39. The SMILES string of the molecule is CC(=O)C=CCNCCCC12CC(c3ccccc31)c1ccccc12. The predicted octanol–water partition coefficient (Wildman–Crippen LogP) is 4.34. The summed E-state index contributed by atoms with van der Waals surface area (Å²) in [4.78, 5) is 10.9. The van der Waals surface area contributed by atoms with E-state index in [1.165, 1.54) is 12.8 Å². The van der Waals surface area contributed by atoms with Crippen molar-refractivity contribution in [3.05, 3.63) is 82.9 Å². The van der Waals surface area contributed by atoms with Crippen LogP contribution in [0.3, 0.4) is 0 Å². The molecule has 1 N–H and O–H groups in total. The maximum Gasteiger partial charge on any atom is 0.152 e. The lowest BCUT2D eigenvalue weighted by molar-refractivity contribution is -0.112. The van der Waals surface area contributed by atoms with Gasteiger partial charge >= 0.3 is 0 Å². The third kappa shape index (κ3) is 2.75. The standard InChI is InChI=1S/C23H25NO/c1-17(25)8-6-14-24-15-7-13-23-16-20(18-9-2-4-11-21(18)23)19-10-3-5-12-22(19)23/h2-6,8-12,20,24H,7,13-16H2,1H3. The first-order valence-electron chi connectivity index (χ1n) is 9.29. The zero-order chi connectivity index (χ0) is 17.3. The van der Waals surface area contributed by atoms with E-state index in [1.54, 1.807) is 35.3 Å². The maximum absolute atomic E-state index is 10.9. The Morgan fingerprint density at radius 3 is 2.40 bits per heavy atom. The summed E-state index contributed by atoms with van der Waals surface area (Å²) < 4.78 is 0. The highest BCUT2D eigenvalue weighted by molar-refractivity contribution is 5.87. The number of benzene rings is 2. The normalized spacial score (nSPS) is 23.0. The third-order valence-electron chi connectivity index (χ3n) is 5.83. The molecule has 0 fully saturated rings. The van der Waals surface area contributed by atoms with E-state index in [0.29, 0.717) is 5.92 Å². The molecule has 0 spiro atoms. The van der Waals surface area contributed by atoms with Gasteiger partial charge in [-0.1, -0.05) is 54.6 Å². The minimum absolute atomic E-state index is 0.108. The molecule has 0 unspecified atom stereocenters. The van der Waals surface area contributed by atoms with Crippen LogP contribution in [0.5, 0.6) is 0 Å². The zero-order valence-electron chi connectivity index (χ0n) is 14.8. The van der Waals surface area contributed by atoms with Crippen molar-refractivity contribution in [2.24, 2.45) is 0 Å². The van der Waals surface area contributed by atoms with Gasteiger partial charge in [0.15, 0.2) is 5.78 Å². The summed E-state index contributed by atoms with van der Waals surface area (Å²) in [5.74, 6) is 0.690. The van der Waals surface area contributed by atoms with Gasteiger partial charge in [-0.05, 0) is 61.1 Å². The molecule has 0 saturated carbocycles. The third-order valence-corrected chi connectivity index (χ3v) is 5.83. The number of hydrogen-bond acceptors (Lipinski definition) is 2. The molecule has 4 rings (SSSR count). The fourth-order valence-electron chi connectivity index (χ4n) is 4.87. The molecular weight excluding hydrogens is 306 g/mol. The van der Waals surface area contributed by atoms with E-state index in [-0.39, 0.29) is 11.2 Å². The summed E-state index contributed by atoms with van der Waals surface area (Å²) in [5, 5.41) is 3.43. The van der Waals surface area contributed by atoms with E-state index in [1.807, 2.05) is 6.08 Å². The Hall–Kier alpha value is -2.19. The van der Waals surface area contributed by atoms with Crippen LogP contribution in [0.1, 0.15) is 54.4 Å². The Morgan fingerprint density at radius 2 is 1.76 bits per heavy atom. The molecule has 2 nitrogen and oxygen atoms in total. The monoisotopic (exact) mass is 331 g/mol. The van der Waals surface area contributed by atoms with Crippen LogP contribution in [-0.4, -0.2) is 18.9 Å². The summed E-state index contributed by atoms with van der Waals surface area (Å²) in [6, 6.07) is 18.1. The summed E-state index contributed by atoms with van der Waals surface area (Å²) in [7, 11) is 0. The first kappa shape index (κ1) is 16.3. The van der Waals surface area contributed by atoms with E-state index in [9.17, 15) is 4.79 Å². The molecule has 2 aromatic rings. The second-order valence-electron chi connectivity index (χ2n) is 7.33. The Bertz CT molecular complexity index is 773. The van der Waals surface area contributed by atoms with Crippen molar-refractivity contribution in [3.8, 4) is 0 Å². The number of fused-ring (bicyclic) bond motifs is 8. The fraction of sp³-hybridized carbons (Fsp3) is 0.348. The van der Waals surface area contributed by atoms with Crippen LogP contribution in [0.4, 0.5) is 0 Å². The minimum Gasteiger partial charge on any atom is -0.313 e. The van der Waals surface area contributed by atoms with Crippen LogP contribution in [0.25, 0.3) is 0 Å². The van der Waals surface area contributed by atoms with E-state index in [0.717, 1.165) is 19.5 Å². The lowest BCUT2D eigenvalue weighted by Gasteiger charge is -2.31. The maximum atomic E-state index is 10.9. The van der Waals surface area contributed by atoms with Crippen LogP contribution >= 0.6 is 0 Å². The molecule has 2 heteroatoms. The van der Waals surface area contributed by atoms with Crippen molar-refractivity contribution in [2.75, 3.05) is 13.1 Å². The van der Waals surface area contributed by atoms with Gasteiger partial charge in [-0.25, -0.2) is 0 Å². The largest absolute Gasteiger partial charge is 0.313 e. The van der Waals surface area contributed by atoms with Gasteiger partial charge in [-0.15, -0.1) is 0 Å². The van der Waals surface area contributed by atoms with Crippen LogP contribution in [0, 0.1) is 0 Å². The quantitative estimate of drug-likeness (QED) is 0.604. The van der Waals surface area contributed by atoms with Gasteiger partial charge in [-0.2, -0.15) is 0 Å². The topological polar surface area (TPSA) is 29.1 Å². The smallest absolute Gasteiger partial charge is 0.152 e. The first-order valence-corrected chi connectivity index (χ1v) is 9.29. The molecule has 0 atom stereocenters. The van der Waals surface area contributed by atoms with Crippen molar-refractivity contribution in [3.63, 3.8) is 0 Å². The van der Waals surface area contributed by atoms with Crippen LogP contribution in [0.15, 0.2) is 60.7 Å². The Balaban J connectivity index is 1.49. The van der Waals surface area contributed by atoms with E-state index < -0.39 is 0 Å². The van der Waals surface area contributed by atoms with Gasteiger partial charge in [0.2, 0.25) is 0 Å². The highest BCUT2D eigenvalue weighted by Crippen LogP contribution is 2.61. The van der Waals surface area contributed by atoms with E-state index in [2.05, 4.69) is 53.8 Å². The number of nitrogens with one attached hydrogen (secondary N) is 1. The summed E-state index contributed by atoms with van der Waals surface area (Å²) in [6.07, 6.45) is 7.10. The molecule has 0 aliphatic heterocycles. The highest BCUT2D eigenvalue weighted by atomic mass is 16.1. The number of carbonyl (C=O) groups excluding carboxylic acids is 1. The zero-order valence-corrected chi connectivity index (χ0v) is 14.8. The average molecular weight is 331 g/mol. The van der Waals surface area contributed by atoms with Crippen molar-refractivity contribution in [1.82, 2.24) is 5.32 Å². The van der Waals surface area contributed by atoms with Crippen molar-refractivity contribution in [2.45, 2.75) is 37.5 Å². The molecule has 0 heterocycles. The second-order valence-corrected chi connectivity index (χ2v) is 7.33. The van der Waals surface area contributed by atoms with Gasteiger partial charge in [-0.3, -0.25) is 4.79 Å². The Kier molecular flexibility index (Phi) is 4.30. The van der Waals surface area contributed by atoms with Gasteiger partial charge in [0, 0.05) is 17.9 Å². The van der Waals surface area contributed by atoms with Gasteiger partial charge in [0.25, 0.3) is 0 Å². The molecule has 2 bridgehead atoms. The lowest BCUT2D eigenvalue weighted by Crippen LogP contribution is -2.26. The summed E-state index contributed by atoms with van der Waals surface area (Å²) in [6.45, 7) is 3.34. The van der Waals surface area contributed by atoms with Crippen LogP contribution in [0.2, 0.25) is 0 Å². The van der Waals surface area contributed by atoms with Gasteiger partial charge in [0.1, 0.15) is 0 Å². The number of ketones is 1. The molecule has 2 aromatic carbocycles. The van der Waals surface area contributed by atoms with Crippen LogP contribution < -0.4 is 5.32 Å². The van der Waals surface area contributed by atoms with Crippen molar-refractivity contribution >= 4 is 5.78 Å². The average Bonchev–Trinajstić information content (AvgIpc) is 3.14. The number of carbonyl (C=O) groups is 1. The number of rotatable bonds is 7. The Morgan fingerprint density at radius 1 is 1.12 bits per heavy atom. The second kappa shape index (κ2) is 6.61. The molecule has 0 aromatic heterocycles. The molecule has 0 saturated heterocycles. The molecule has 25 heavy (non-hydrogen) atoms. The molecule has 0 radical (unpaired) electrons. The molecule has 0 amide bonds. The van der Waals surface area contributed by atoms with Gasteiger partial charge < -0.3 is 5.32 Å². The molecule has 2 aliphatic carbocycles. The molecular formula is C23H25NO. The van der Waals surface area contributed by atoms with Crippen LogP contribution in [-0.2, 0) is 10.2 Å². The highest BCUT2D eigenvalue weighted by Gasteiger charge is 2.51. The Labute approximate surface area is 150 Å². The number of allylic oxidation sites excluding steroid dienone is 1.